The predicted octanol–water partition coefficient (Wildman–Crippen LogP) is 2.06. The van der Waals surface area contributed by atoms with Crippen molar-refractivity contribution < 1.29 is 32.2 Å². The Bertz CT molecular complexity index is 411. The number of ether oxygens (including phenoxy) is 1. The predicted molar refractivity (Wildman–Crippen MR) is 47.6 cm³/mol. The smallest absolute Gasteiger partial charge is 0.341 e. The number of halogens is 4. The molecule has 0 saturated carbocycles. The Morgan fingerprint density at radius 3 is 2.71 bits per heavy atom. The maximum atomic E-state index is 12.5. The van der Waals surface area contributed by atoms with Gasteiger partial charge in [0.05, 0.1) is 0 Å². The fraction of sp³-hybridized carbons (Fsp3) is 0.333. The molecule has 0 fully saturated rings. The van der Waals surface area contributed by atoms with Gasteiger partial charge in [-0.3, -0.25) is 4.98 Å². The third kappa shape index (κ3) is 3.30. The summed E-state index contributed by atoms with van der Waals surface area (Å²) in [5.74, 6) is -6.22. The van der Waals surface area contributed by atoms with Crippen molar-refractivity contribution >= 4 is 5.97 Å². The number of pyridine rings is 1. The number of hydrogen-bond acceptors (Lipinski definition) is 3. The fourth-order valence-electron chi connectivity index (χ4n) is 0.905. The molecule has 0 aliphatic carbocycles. The molecule has 0 amide bonds. The summed E-state index contributed by atoms with van der Waals surface area (Å²) >= 11 is 0. The van der Waals surface area contributed by atoms with E-state index in [2.05, 4.69) is 9.72 Å². The van der Waals surface area contributed by atoms with Crippen molar-refractivity contribution in [1.82, 2.24) is 4.98 Å². The van der Waals surface area contributed by atoms with Crippen molar-refractivity contribution in [2.24, 2.45) is 0 Å². The minimum Gasteiger partial charge on any atom is -0.486 e. The first kappa shape index (κ1) is 13.2. The second-order valence-corrected chi connectivity index (χ2v) is 3.03. The first-order valence-electron chi connectivity index (χ1n) is 4.30. The summed E-state index contributed by atoms with van der Waals surface area (Å²) in [6.45, 7) is -1.60. The molecule has 0 radical (unpaired) electrons. The maximum Gasteiger partial charge on any atom is 0.341 e. The average Bonchev–Trinajstić information content (AvgIpc) is 2.26. The Morgan fingerprint density at radius 2 is 2.18 bits per heavy atom. The van der Waals surface area contributed by atoms with Crippen LogP contribution in [0.3, 0.4) is 0 Å². The van der Waals surface area contributed by atoms with Gasteiger partial charge in [-0.2, -0.15) is 8.78 Å². The van der Waals surface area contributed by atoms with Crippen molar-refractivity contribution in [3.63, 3.8) is 0 Å². The molecule has 0 aromatic carbocycles. The molecule has 0 aliphatic heterocycles. The first-order valence-corrected chi connectivity index (χ1v) is 4.30. The van der Waals surface area contributed by atoms with Gasteiger partial charge in [-0.1, -0.05) is 0 Å². The quantitative estimate of drug-likeness (QED) is 0.816. The summed E-state index contributed by atoms with van der Waals surface area (Å²) < 4.78 is 53.1. The molecule has 1 heterocycles. The van der Waals surface area contributed by atoms with Gasteiger partial charge in [0.2, 0.25) is 0 Å². The van der Waals surface area contributed by atoms with Crippen LogP contribution in [0, 0.1) is 0 Å². The molecule has 0 spiro atoms. The molecule has 0 saturated heterocycles. The van der Waals surface area contributed by atoms with Crippen LogP contribution in [0.1, 0.15) is 10.4 Å². The van der Waals surface area contributed by atoms with Gasteiger partial charge in [0, 0.05) is 12.4 Å². The highest BCUT2D eigenvalue weighted by molar-refractivity contribution is 5.90. The van der Waals surface area contributed by atoms with Crippen molar-refractivity contribution in [2.45, 2.75) is 12.3 Å². The van der Waals surface area contributed by atoms with Gasteiger partial charge in [-0.15, -0.1) is 0 Å². The van der Waals surface area contributed by atoms with E-state index < -0.39 is 36.2 Å². The molecule has 1 aromatic rings. The number of carbonyl (C=O) groups is 1. The Labute approximate surface area is 92.8 Å². The number of rotatable bonds is 5. The summed E-state index contributed by atoms with van der Waals surface area (Å²) in [7, 11) is 0. The van der Waals surface area contributed by atoms with E-state index in [0.29, 0.717) is 0 Å². The molecule has 17 heavy (non-hydrogen) atoms. The summed E-state index contributed by atoms with van der Waals surface area (Å²) in [4.78, 5) is 14.1. The third-order valence-electron chi connectivity index (χ3n) is 1.75. The topological polar surface area (TPSA) is 59.4 Å². The number of aromatic nitrogens is 1. The number of hydrogen-bond donors (Lipinski definition) is 1. The second-order valence-electron chi connectivity index (χ2n) is 3.03. The molecule has 1 rings (SSSR count). The van der Waals surface area contributed by atoms with E-state index in [1.165, 1.54) is 0 Å². The SMILES string of the molecule is O=C(O)c1cnccc1OCC(F)(F)C(F)F. The highest BCUT2D eigenvalue weighted by atomic mass is 19.3. The molecule has 0 atom stereocenters. The van der Waals surface area contributed by atoms with Gasteiger partial charge in [0.15, 0.2) is 6.61 Å². The molecule has 0 aliphatic rings. The van der Waals surface area contributed by atoms with Crippen LogP contribution in [0.2, 0.25) is 0 Å². The van der Waals surface area contributed by atoms with Crippen LogP contribution in [-0.4, -0.2) is 35.0 Å². The lowest BCUT2D eigenvalue weighted by Gasteiger charge is -2.16. The Hall–Kier alpha value is -1.86. The van der Waals surface area contributed by atoms with Gasteiger partial charge < -0.3 is 9.84 Å². The summed E-state index contributed by atoms with van der Waals surface area (Å²) in [5.41, 5.74) is -0.474. The van der Waals surface area contributed by atoms with E-state index in [1.54, 1.807) is 0 Å². The van der Waals surface area contributed by atoms with Crippen LogP contribution < -0.4 is 4.74 Å². The number of aromatic carboxylic acids is 1. The molecule has 1 aromatic heterocycles. The van der Waals surface area contributed by atoms with Gasteiger partial charge in [0.1, 0.15) is 11.3 Å². The van der Waals surface area contributed by atoms with Crippen molar-refractivity contribution in [3.05, 3.63) is 24.0 Å². The molecular weight excluding hydrogens is 246 g/mol. The van der Waals surface area contributed by atoms with E-state index in [-0.39, 0.29) is 0 Å². The molecular formula is C9H7F4NO3. The van der Waals surface area contributed by atoms with Crippen molar-refractivity contribution in [2.75, 3.05) is 6.61 Å². The molecule has 8 heteroatoms. The second kappa shape index (κ2) is 4.98. The van der Waals surface area contributed by atoms with Crippen LogP contribution in [0.15, 0.2) is 18.5 Å². The normalized spacial score (nSPS) is 11.6. The van der Waals surface area contributed by atoms with Gasteiger partial charge >= 0.3 is 18.3 Å². The van der Waals surface area contributed by atoms with Gasteiger partial charge in [-0.05, 0) is 6.07 Å². The van der Waals surface area contributed by atoms with Crippen LogP contribution in [0.4, 0.5) is 17.6 Å². The summed E-state index contributed by atoms with van der Waals surface area (Å²) in [6.07, 6.45) is -1.90. The van der Waals surface area contributed by atoms with E-state index in [0.717, 1.165) is 18.5 Å². The summed E-state index contributed by atoms with van der Waals surface area (Å²) in [5, 5.41) is 8.65. The molecule has 0 bridgehead atoms. The maximum absolute atomic E-state index is 12.5. The number of carboxylic acids is 1. The number of carboxylic acid groups (broad SMARTS) is 1. The number of nitrogens with zero attached hydrogens (tertiary/aromatic N) is 1. The third-order valence-corrected chi connectivity index (χ3v) is 1.75. The molecule has 1 N–H and O–H groups in total. The zero-order valence-electron chi connectivity index (χ0n) is 8.24. The van der Waals surface area contributed by atoms with Crippen LogP contribution >= 0.6 is 0 Å². The van der Waals surface area contributed by atoms with Crippen LogP contribution in [0.5, 0.6) is 5.75 Å². The molecule has 0 unspecified atom stereocenters. The lowest BCUT2D eigenvalue weighted by Crippen LogP contribution is -2.34. The van der Waals surface area contributed by atoms with Crippen molar-refractivity contribution in [1.29, 1.82) is 0 Å². The standard InChI is InChI=1S/C9H7F4NO3/c10-8(11)9(12,13)4-17-6-1-2-14-3-5(6)7(15)16/h1-3,8H,4H2,(H,15,16). The lowest BCUT2D eigenvalue weighted by atomic mass is 10.2. The minimum absolute atomic E-state index is 0.437. The number of alkyl halides is 4. The highest BCUT2D eigenvalue weighted by Gasteiger charge is 2.41. The molecule has 4 nitrogen and oxygen atoms in total. The lowest BCUT2D eigenvalue weighted by molar-refractivity contribution is -0.148. The highest BCUT2D eigenvalue weighted by Crippen LogP contribution is 2.25. The van der Waals surface area contributed by atoms with E-state index in [9.17, 15) is 22.4 Å². The van der Waals surface area contributed by atoms with Crippen LogP contribution in [-0.2, 0) is 0 Å². The van der Waals surface area contributed by atoms with Crippen molar-refractivity contribution in [3.8, 4) is 5.75 Å². The Morgan fingerprint density at radius 1 is 1.53 bits per heavy atom. The van der Waals surface area contributed by atoms with Gasteiger partial charge in [0.25, 0.3) is 0 Å². The molecule has 94 valence electrons. The van der Waals surface area contributed by atoms with Crippen LogP contribution in [0.25, 0.3) is 0 Å². The first-order chi connectivity index (χ1) is 7.84. The Balaban J connectivity index is 2.79. The minimum atomic E-state index is -4.33. The summed E-state index contributed by atoms with van der Waals surface area (Å²) in [6, 6.07) is 1.00. The zero-order chi connectivity index (χ0) is 13.1. The largest absolute Gasteiger partial charge is 0.486 e. The van der Waals surface area contributed by atoms with E-state index >= 15 is 0 Å². The monoisotopic (exact) mass is 253 g/mol. The Kier molecular flexibility index (Phi) is 3.87. The zero-order valence-corrected chi connectivity index (χ0v) is 8.24. The fourth-order valence-corrected chi connectivity index (χ4v) is 0.905. The van der Waals surface area contributed by atoms with E-state index in [4.69, 9.17) is 5.11 Å². The van der Waals surface area contributed by atoms with E-state index in [1.807, 2.05) is 0 Å². The van der Waals surface area contributed by atoms with Gasteiger partial charge in [-0.25, -0.2) is 13.6 Å². The average molecular weight is 253 g/mol.